The first-order valence-electron chi connectivity index (χ1n) is 6.53. The van der Waals surface area contributed by atoms with Gasteiger partial charge in [-0.15, -0.1) is 11.3 Å². The van der Waals surface area contributed by atoms with Crippen LogP contribution in [0.5, 0.6) is 0 Å². The Morgan fingerprint density at radius 2 is 2.11 bits per heavy atom. The molecular weight excluding hydrogens is 260 g/mol. The quantitative estimate of drug-likeness (QED) is 0.427. The van der Waals surface area contributed by atoms with Crippen molar-refractivity contribution in [1.29, 1.82) is 0 Å². The Morgan fingerprint density at radius 1 is 1.37 bits per heavy atom. The fourth-order valence-electron chi connectivity index (χ4n) is 1.84. The molecule has 1 aromatic heterocycles. The third-order valence-corrected chi connectivity index (χ3v) is 3.99. The average Bonchev–Trinajstić information content (AvgIpc) is 2.84. The van der Waals surface area contributed by atoms with E-state index in [1.807, 2.05) is 12.1 Å². The van der Waals surface area contributed by atoms with Gasteiger partial charge in [0.15, 0.2) is 0 Å². The van der Waals surface area contributed by atoms with E-state index in [1.54, 1.807) is 0 Å². The second kappa shape index (κ2) is 8.27. The largest absolute Gasteiger partial charge is 0.309 e. The molecule has 3 N–H and O–H groups in total. The van der Waals surface area contributed by atoms with Crippen molar-refractivity contribution in [2.24, 2.45) is 5.84 Å². The first kappa shape index (κ1) is 16.1. The molecule has 5 nitrogen and oxygen atoms in total. The molecule has 0 saturated heterocycles. The number of nitrogens with one attached hydrogen (secondary N) is 1. The summed E-state index contributed by atoms with van der Waals surface area (Å²) in [5.41, 5.74) is 2.16. The van der Waals surface area contributed by atoms with E-state index in [0.29, 0.717) is 4.88 Å². The van der Waals surface area contributed by atoms with Gasteiger partial charge in [0.2, 0.25) is 0 Å². The van der Waals surface area contributed by atoms with E-state index in [1.165, 1.54) is 16.2 Å². The number of nitrogens with two attached hydrogens (primary N) is 1. The Morgan fingerprint density at radius 3 is 2.68 bits per heavy atom. The number of carbonyl (C=O) groups excluding carboxylic acids is 1. The van der Waals surface area contributed by atoms with Gasteiger partial charge in [-0.1, -0.05) is 6.92 Å². The van der Waals surface area contributed by atoms with Gasteiger partial charge in [0.1, 0.15) is 0 Å². The lowest BCUT2D eigenvalue weighted by Gasteiger charge is -2.20. The Labute approximate surface area is 119 Å². The van der Waals surface area contributed by atoms with Crippen molar-refractivity contribution in [1.82, 2.24) is 15.2 Å². The molecule has 1 rings (SSSR count). The zero-order valence-corrected chi connectivity index (χ0v) is 12.8. The van der Waals surface area contributed by atoms with Crippen LogP contribution in [0.2, 0.25) is 0 Å². The minimum absolute atomic E-state index is 0.216. The van der Waals surface area contributed by atoms with Crippen LogP contribution < -0.4 is 11.3 Å². The summed E-state index contributed by atoms with van der Waals surface area (Å²) in [6, 6.07) is 3.83. The highest BCUT2D eigenvalue weighted by molar-refractivity contribution is 7.14. The van der Waals surface area contributed by atoms with Crippen LogP contribution in [-0.2, 0) is 6.54 Å². The third kappa shape index (κ3) is 5.69. The number of rotatable bonds is 8. The van der Waals surface area contributed by atoms with Crippen molar-refractivity contribution in [3.05, 3.63) is 21.9 Å². The third-order valence-electron chi connectivity index (χ3n) is 2.92. The highest BCUT2D eigenvalue weighted by Crippen LogP contribution is 2.18. The van der Waals surface area contributed by atoms with E-state index < -0.39 is 0 Å². The van der Waals surface area contributed by atoms with Crippen molar-refractivity contribution in [3.63, 3.8) is 0 Å². The predicted octanol–water partition coefficient (Wildman–Crippen LogP) is 1.13. The van der Waals surface area contributed by atoms with Gasteiger partial charge in [0.25, 0.3) is 5.91 Å². The van der Waals surface area contributed by atoms with Crippen molar-refractivity contribution in [3.8, 4) is 0 Å². The number of amides is 1. The minimum atomic E-state index is -0.216. The number of nitrogens with zero attached hydrogens (tertiary/aromatic N) is 2. The van der Waals surface area contributed by atoms with Crippen LogP contribution in [-0.4, -0.2) is 49.4 Å². The van der Waals surface area contributed by atoms with Gasteiger partial charge in [0, 0.05) is 11.4 Å². The van der Waals surface area contributed by atoms with Crippen molar-refractivity contribution < 1.29 is 4.79 Å². The number of hydrazine groups is 1. The highest BCUT2D eigenvalue weighted by Gasteiger charge is 2.10. The zero-order valence-electron chi connectivity index (χ0n) is 12.0. The molecule has 0 spiro atoms. The summed E-state index contributed by atoms with van der Waals surface area (Å²) < 4.78 is 0. The molecular formula is C13H24N4OS. The molecule has 0 radical (unpaired) electrons. The average molecular weight is 284 g/mol. The summed E-state index contributed by atoms with van der Waals surface area (Å²) in [5, 5.41) is 0. The van der Waals surface area contributed by atoms with Crippen LogP contribution in [0.3, 0.4) is 0 Å². The Kier molecular flexibility index (Phi) is 7.01. The van der Waals surface area contributed by atoms with Gasteiger partial charge in [-0.3, -0.25) is 15.1 Å². The molecule has 0 saturated carbocycles. The molecule has 19 heavy (non-hydrogen) atoms. The zero-order chi connectivity index (χ0) is 14.3. The van der Waals surface area contributed by atoms with Crippen LogP contribution in [0, 0.1) is 0 Å². The topological polar surface area (TPSA) is 61.6 Å². The van der Waals surface area contributed by atoms with Gasteiger partial charge in [0.05, 0.1) is 4.88 Å². The normalized spacial score (nSPS) is 11.3. The van der Waals surface area contributed by atoms with Crippen LogP contribution in [0.25, 0.3) is 0 Å². The maximum Gasteiger partial charge on any atom is 0.275 e. The molecule has 6 heteroatoms. The first-order chi connectivity index (χ1) is 9.06. The summed E-state index contributed by atoms with van der Waals surface area (Å²) in [4.78, 5) is 17.8. The summed E-state index contributed by atoms with van der Waals surface area (Å²) in [5.74, 6) is 4.91. The Balaban J connectivity index is 2.46. The van der Waals surface area contributed by atoms with Gasteiger partial charge in [-0.2, -0.15) is 0 Å². The first-order valence-corrected chi connectivity index (χ1v) is 7.35. The number of hydrogen-bond donors (Lipinski definition) is 2. The molecule has 1 amide bonds. The van der Waals surface area contributed by atoms with Crippen molar-refractivity contribution in [2.45, 2.75) is 19.9 Å². The van der Waals surface area contributed by atoms with Crippen molar-refractivity contribution >= 4 is 17.2 Å². The smallest absolute Gasteiger partial charge is 0.275 e. The van der Waals surface area contributed by atoms with Gasteiger partial charge in [-0.25, -0.2) is 5.84 Å². The second-order valence-corrected chi connectivity index (χ2v) is 5.93. The van der Waals surface area contributed by atoms with Crippen LogP contribution in [0.15, 0.2) is 12.1 Å². The van der Waals surface area contributed by atoms with Gasteiger partial charge in [-0.05, 0) is 52.3 Å². The van der Waals surface area contributed by atoms with Gasteiger partial charge >= 0.3 is 0 Å². The monoisotopic (exact) mass is 284 g/mol. The molecule has 1 heterocycles. The molecule has 1 aromatic rings. The van der Waals surface area contributed by atoms with Crippen LogP contribution >= 0.6 is 11.3 Å². The molecule has 0 atom stereocenters. The number of nitrogen functional groups attached to an aromatic ring is 1. The van der Waals surface area contributed by atoms with Crippen LogP contribution in [0.1, 0.15) is 27.9 Å². The molecule has 0 fully saturated rings. The Bertz CT molecular complexity index is 392. The summed E-state index contributed by atoms with van der Waals surface area (Å²) >= 11 is 1.50. The fraction of sp³-hybridized carbons (Fsp3) is 0.615. The number of carbonyl (C=O) groups is 1. The molecule has 0 aliphatic heterocycles. The van der Waals surface area contributed by atoms with E-state index in [4.69, 9.17) is 5.84 Å². The van der Waals surface area contributed by atoms with Crippen molar-refractivity contribution in [2.75, 3.05) is 33.7 Å². The predicted molar refractivity (Wildman–Crippen MR) is 80.1 cm³/mol. The number of hydrogen-bond acceptors (Lipinski definition) is 5. The highest BCUT2D eigenvalue weighted by atomic mass is 32.1. The Hall–Kier alpha value is -0.950. The lowest BCUT2D eigenvalue weighted by Crippen LogP contribution is -2.29. The second-order valence-electron chi connectivity index (χ2n) is 4.77. The van der Waals surface area contributed by atoms with E-state index in [9.17, 15) is 4.79 Å². The summed E-state index contributed by atoms with van der Waals surface area (Å²) in [7, 11) is 4.18. The van der Waals surface area contributed by atoms with E-state index in [-0.39, 0.29) is 5.91 Å². The SMILES string of the molecule is CCN(CCCN(C)C)Cc1ccc(C(=O)NN)s1. The molecule has 0 aromatic carbocycles. The fourth-order valence-corrected chi connectivity index (χ4v) is 2.79. The summed E-state index contributed by atoms with van der Waals surface area (Å²) in [6.07, 6.45) is 1.16. The van der Waals surface area contributed by atoms with Crippen LogP contribution in [0.4, 0.5) is 0 Å². The van der Waals surface area contributed by atoms with E-state index in [0.717, 1.165) is 32.6 Å². The molecule has 108 valence electrons. The molecule has 0 bridgehead atoms. The number of thiophene rings is 1. The maximum absolute atomic E-state index is 11.4. The molecule has 0 aliphatic rings. The minimum Gasteiger partial charge on any atom is -0.309 e. The lowest BCUT2D eigenvalue weighted by molar-refractivity contribution is 0.0957. The van der Waals surface area contributed by atoms with E-state index >= 15 is 0 Å². The summed E-state index contributed by atoms with van der Waals surface area (Å²) in [6.45, 7) is 6.25. The van der Waals surface area contributed by atoms with Gasteiger partial charge < -0.3 is 4.90 Å². The molecule has 0 unspecified atom stereocenters. The van der Waals surface area contributed by atoms with E-state index in [2.05, 4.69) is 36.2 Å². The lowest BCUT2D eigenvalue weighted by atomic mass is 10.3. The molecule has 0 aliphatic carbocycles. The maximum atomic E-state index is 11.4. The standard InChI is InChI=1S/C13H24N4OS/c1-4-17(9-5-8-16(2)3)10-11-6-7-12(19-11)13(18)15-14/h6-7H,4-5,8-10,14H2,1-3H3,(H,15,18).